The van der Waals surface area contributed by atoms with Crippen LogP contribution in [-0.4, -0.2) is 9.97 Å². The second-order valence-corrected chi connectivity index (χ2v) is 15.7. The van der Waals surface area contributed by atoms with Gasteiger partial charge in [-0.15, -0.1) is 0 Å². The van der Waals surface area contributed by atoms with Gasteiger partial charge in [-0.2, -0.15) is 0 Å². The van der Waals surface area contributed by atoms with Gasteiger partial charge in [0.1, 0.15) is 22.3 Å². The second-order valence-electron chi connectivity index (χ2n) is 15.7. The van der Waals surface area contributed by atoms with Crippen molar-refractivity contribution in [3.05, 3.63) is 218 Å². The van der Waals surface area contributed by atoms with Gasteiger partial charge >= 0.3 is 0 Å². The quantitative estimate of drug-likeness (QED) is 0.161. The summed E-state index contributed by atoms with van der Waals surface area (Å²) in [5.41, 5.74) is 16.9. The third-order valence-corrected chi connectivity index (χ3v) is 11.9. The zero-order chi connectivity index (χ0) is 41.0. The minimum Gasteiger partial charge on any atom is -0.456 e. The molecule has 0 saturated carbocycles. The Morgan fingerprint density at radius 2 is 0.742 bits per heavy atom. The van der Waals surface area contributed by atoms with Crippen molar-refractivity contribution >= 4 is 43.9 Å². The second kappa shape index (κ2) is 14.7. The van der Waals surface area contributed by atoms with E-state index in [2.05, 4.69) is 170 Å². The van der Waals surface area contributed by atoms with E-state index in [4.69, 9.17) is 18.8 Å². The van der Waals surface area contributed by atoms with E-state index in [1.807, 2.05) is 48.5 Å². The first-order valence-electron chi connectivity index (χ1n) is 20.9. The van der Waals surface area contributed by atoms with Crippen LogP contribution in [0.5, 0.6) is 0 Å². The lowest BCUT2D eigenvalue weighted by Gasteiger charge is -2.14. The number of furan rings is 2. The molecule has 9 aromatic carbocycles. The molecule has 0 saturated heterocycles. The van der Waals surface area contributed by atoms with Crippen LogP contribution in [0.25, 0.3) is 122 Å². The van der Waals surface area contributed by atoms with E-state index in [-0.39, 0.29) is 0 Å². The van der Waals surface area contributed by atoms with E-state index in [1.165, 1.54) is 11.1 Å². The van der Waals surface area contributed by atoms with Crippen LogP contribution in [0.1, 0.15) is 0 Å². The molecule has 12 rings (SSSR count). The molecule has 4 nitrogen and oxygen atoms in total. The number of nitrogens with zero attached hydrogens (tertiary/aromatic N) is 2. The number of benzene rings is 9. The molecule has 0 spiro atoms. The van der Waals surface area contributed by atoms with Gasteiger partial charge in [0.15, 0.2) is 5.82 Å². The topological polar surface area (TPSA) is 52.1 Å². The largest absolute Gasteiger partial charge is 0.456 e. The van der Waals surface area contributed by atoms with Crippen molar-refractivity contribution in [3.8, 4) is 78.4 Å². The maximum Gasteiger partial charge on any atom is 0.160 e. The van der Waals surface area contributed by atoms with Crippen LogP contribution in [0.4, 0.5) is 0 Å². The molecular weight excluding hydrogens is 757 g/mol. The Bertz CT molecular complexity index is 3620. The average molecular weight is 793 g/mol. The highest BCUT2D eigenvalue weighted by atomic mass is 16.3. The van der Waals surface area contributed by atoms with Crippen LogP contribution in [-0.2, 0) is 0 Å². The van der Waals surface area contributed by atoms with Crippen LogP contribution in [0, 0.1) is 0 Å². The molecule has 0 N–H and O–H groups in total. The van der Waals surface area contributed by atoms with E-state index in [0.29, 0.717) is 5.82 Å². The number of fused-ring (bicyclic) bond motifs is 6. The molecular formula is C58H36N2O2. The monoisotopic (exact) mass is 792 g/mol. The molecule has 3 heterocycles. The van der Waals surface area contributed by atoms with Crippen molar-refractivity contribution in [2.24, 2.45) is 0 Å². The molecule has 3 aromatic heterocycles. The third-order valence-electron chi connectivity index (χ3n) is 11.9. The van der Waals surface area contributed by atoms with Gasteiger partial charge < -0.3 is 8.83 Å². The Kier molecular flexibility index (Phi) is 8.46. The minimum absolute atomic E-state index is 0.661. The van der Waals surface area contributed by atoms with Gasteiger partial charge in [-0.3, -0.25) is 0 Å². The van der Waals surface area contributed by atoms with Crippen molar-refractivity contribution in [2.75, 3.05) is 0 Å². The molecule has 0 radical (unpaired) electrons. The van der Waals surface area contributed by atoms with Crippen LogP contribution in [0.3, 0.4) is 0 Å². The SMILES string of the molecule is c1ccc(-c2ccc(-c3cccc(-c4cc(-c5cc(-c6ccc7oc8ccccc8c7c6)cc(-c6cccc7c6oc6ccccc67)c5)nc(-c5ccccc5)n4)c3)cc2)cc1. The molecule has 4 heteroatoms. The van der Waals surface area contributed by atoms with Gasteiger partial charge in [-0.25, -0.2) is 9.97 Å². The number of hydrogen-bond donors (Lipinski definition) is 0. The van der Waals surface area contributed by atoms with Crippen molar-refractivity contribution in [1.82, 2.24) is 9.97 Å². The summed E-state index contributed by atoms with van der Waals surface area (Å²) < 4.78 is 12.9. The Morgan fingerprint density at radius 1 is 0.258 bits per heavy atom. The Hall–Kier alpha value is -8.34. The highest BCUT2D eigenvalue weighted by Gasteiger charge is 2.18. The summed E-state index contributed by atoms with van der Waals surface area (Å²) in [7, 11) is 0. The van der Waals surface area contributed by atoms with Gasteiger partial charge in [-0.1, -0.05) is 164 Å². The van der Waals surface area contributed by atoms with Crippen LogP contribution in [0.2, 0.25) is 0 Å². The number of rotatable bonds is 7. The predicted molar refractivity (Wildman–Crippen MR) is 255 cm³/mol. The Balaban J connectivity index is 1.04. The number of aromatic nitrogens is 2. The fraction of sp³-hybridized carbons (Fsp3) is 0. The van der Waals surface area contributed by atoms with Crippen molar-refractivity contribution in [1.29, 1.82) is 0 Å². The Labute approximate surface area is 358 Å². The highest BCUT2D eigenvalue weighted by molar-refractivity contribution is 6.10. The zero-order valence-corrected chi connectivity index (χ0v) is 33.5. The smallest absolute Gasteiger partial charge is 0.160 e. The molecule has 0 atom stereocenters. The third kappa shape index (κ3) is 6.34. The maximum atomic E-state index is 6.62. The normalized spacial score (nSPS) is 11.5. The van der Waals surface area contributed by atoms with Gasteiger partial charge in [-0.05, 0) is 93.5 Å². The maximum absolute atomic E-state index is 6.62. The minimum atomic E-state index is 0.661. The van der Waals surface area contributed by atoms with Crippen molar-refractivity contribution in [3.63, 3.8) is 0 Å². The molecule has 62 heavy (non-hydrogen) atoms. The van der Waals surface area contributed by atoms with Crippen LogP contribution < -0.4 is 0 Å². The summed E-state index contributed by atoms with van der Waals surface area (Å²) in [4.78, 5) is 10.6. The lowest BCUT2D eigenvalue weighted by atomic mass is 9.93. The zero-order valence-electron chi connectivity index (χ0n) is 33.5. The first-order valence-corrected chi connectivity index (χ1v) is 20.9. The molecule has 12 aromatic rings. The molecule has 0 unspecified atom stereocenters. The summed E-state index contributed by atoms with van der Waals surface area (Å²) in [5.74, 6) is 0.661. The van der Waals surface area contributed by atoms with Crippen LogP contribution in [0.15, 0.2) is 227 Å². The lowest BCUT2D eigenvalue weighted by Crippen LogP contribution is -1.97. The molecule has 0 amide bonds. The molecule has 0 aliphatic heterocycles. The summed E-state index contributed by atoms with van der Waals surface area (Å²) in [5, 5.41) is 4.35. The molecule has 290 valence electrons. The van der Waals surface area contributed by atoms with E-state index in [1.54, 1.807) is 0 Å². The van der Waals surface area contributed by atoms with Gasteiger partial charge in [0.05, 0.1) is 11.4 Å². The average Bonchev–Trinajstić information content (AvgIpc) is 3.93. The van der Waals surface area contributed by atoms with Gasteiger partial charge in [0.2, 0.25) is 0 Å². The molecule has 0 aliphatic carbocycles. The summed E-state index contributed by atoms with van der Waals surface area (Å²) in [6, 6.07) is 76.4. The highest BCUT2D eigenvalue weighted by Crippen LogP contribution is 2.41. The van der Waals surface area contributed by atoms with Gasteiger partial charge in [0.25, 0.3) is 0 Å². The van der Waals surface area contributed by atoms with Crippen molar-refractivity contribution in [2.45, 2.75) is 0 Å². The first-order chi connectivity index (χ1) is 30.7. The van der Waals surface area contributed by atoms with E-state index >= 15 is 0 Å². The first kappa shape index (κ1) is 35.6. The molecule has 0 aliphatic rings. The molecule has 0 fully saturated rings. The van der Waals surface area contributed by atoms with E-state index < -0.39 is 0 Å². The summed E-state index contributed by atoms with van der Waals surface area (Å²) in [6.07, 6.45) is 0. The standard InChI is InChI=1S/C58H36N2O2/c1-3-13-37(14-4-1)38-25-27-39(28-26-38)41-17-11-18-43(31-41)52-36-53(60-58(59-52)40-15-5-2-6-16-40)46-33-44(42-29-30-56-51(35-42)49-20-8-9-23-54(49)61-56)32-45(34-46)47-21-12-22-50-48-19-7-10-24-55(48)62-57(47)50/h1-36H. The summed E-state index contributed by atoms with van der Waals surface area (Å²) in [6.45, 7) is 0. The Morgan fingerprint density at radius 3 is 1.52 bits per heavy atom. The summed E-state index contributed by atoms with van der Waals surface area (Å²) >= 11 is 0. The van der Waals surface area contributed by atoms with Crippen molar-refractivity contribution < 1.29 is 8.83 Å². The fourth-order valence-corrected chi connectivity index (χ4v) is 8.78. The number of para-hydroxylation sites is 3. The van der Waals surface area contributed by atoms with E-state index in [0.717, 1.165) is 105 Å². The molecule has 0 bridgehead atoms. The van der Waals surface area contributed by atoms with Crippen LogP contribution >= 0.6 is 0 Å². The predicted octanol–water partition coefficient (Wildman–Crippen LogP) is 15.9. The fourth-order valence-electron chi connectivity index (χ4n) is 8.78. The number of hydrogen-bond acceptors (Lipinski definition) is 4. The van der Waals surface area contributed by atoms with Gasteiger partial charge in [0, 0.05) is 43.8 Å². The van der Waals surface area contributed by atoms with E-state index in [9.17, 15) is 0 Å². The lowest BCUT2D eigenvalue weighted by molar-refractivity contribution is 0.669.